The van der Waals surface area contributed by atoms with Crippen molar-refractivity contribution in [3.8, 4) is 56.2 Å². The Bertz CT molecular complexity index is 3210. The molecule has 0 bridgehead atoms. The van der Waals surface area contributed by atoms with Crippen LogP contribution >= 0.6 is 0 Å². The van der Waals surface area contributed by atoms with Crippen LogP contribution in [0.25, 0.3) is 78.1 Å². The zero-order chi connectivity index (χ0) is 41.0. The van der Waals surface area contributed by atoms with Crippen LogP contribution in [0.1, 0.15) is 65.8 Å². The summed E-state index contributed by atoms with van der Waals surface area (Å²) in [6.07, 6.45) is 6.41. The molecule has 0 saturated heterocycles. The lowest BCUT2D eigenvalue weighted by molar-refractivity contribution is 0.442. The summed E-state index contributed by atoms with van der Waals surface area (Å²) >= 11 is 0. The van der Waals surface area contributed by atoms with Gasteiger partial charge in [0.25, 0.3) is 0 Å². The van der Waals surface area contributed by atoms with Crippen molar-refractivity contribution in [2.75, 3.05) is 0 Å². The van der Waals surface area contributed by atoms with Gasteiger partial charge in [0, 0.05) is 33.0 Å². The first kappa shape index (κ1) is 36.5. The van der Waals surface area contributed by atoms with Crippen molar-refractivity contribution < 1.29 is 4.42 Å². The molecular formula is C59H44N2O. The number of hydrogen-bond donors (Lipinski definition) is 0. The van der Waals surface area contributed by atoms with Gasteiger partial charge in [-0.25, -0.2) is 9.97 Å². The summed E-state index contributed by atoms with van der Waals surface area (Å²) in [5, 5.41) is 2.39. The van der Waals surface area contributed by atoms with Crippen LogP contribution in [0.3, 0.4) is 0 Å². The SMILES string of the molecule is c1ccc(-c2nc(-c3ccc(-c4cccc5c4oc4c(C6CCCCC6)cccc45)cc3)cc(-c3ccc4c(c3)C(c3ccccc3)(c3ccccc3)c3ccccc3-4)n2)cc1. The molecule has 0 unspecified atom stereocenters. The van der Waals surface area contributed by atoms with Gasteiger partial charge in [0.2, 0.25) is 0 Å². The molecule has 2 heterocycles. The Labute approximate surface area is 362 Å². The number of fused-ring (bicyclic) bond motifs is 6. The Morgan fingerprint density at radius 1 is 0.403 bits per heavy atom. The summed E-state index contributed by atoms with van der Waals surface area (Å²) in [7, 11) is 0. The lowest BCUT2D eigenvalue weighted by Gasteiger charge is -2.34. The van der Waals surface area contributed by atoms with Crippen LogP contribution < -0.4 is 0 Å². The van der Waals surface area contributed by atoms with Crippen LogP contribution in [-0.2, 0) is 5.41 Å². The van der Waals surface area contributed by atoms with Crippen molar-refractivity contribution in [1.29, 1.82) is 0 Å². The molecule has 0 N–H and O–H groups in total. The lowest BCUT2D eigenvalue weighted by atomic mass is 9.67. The highest BCUT2D eigenvalue weighted by Gasteiger charge is 2.46. The number of nitrogens with zero attached hydrogens (tertiary/aromatic N) is 2. The summed E-state index contributed by atoms with van der Waals surface area (Å²) in [6, 6.07) is 72.3. The molecule has 0 amide bonds. The van der Waals surface area contributed by atoms with Crippen LogP contribution in [0.4, 0.5) is 0 Å². The van der Waals surface area contributed by atoms with Crippen LogP contribution in [0, 0.1) is 0 Å². The Morgan fingerprint density at radius 2 is 0.968 bits per heavy atom. The number of rotatable bonds is 7. The van der Waals surface area contributed by atoms with Crippen LogP contribution in [0.15, 0.2) is 205 Å². The van der Waals surface area contributed by atoms with Gasteiger partial charge in [0.05, 0.1) is 16.8 Å². The first-order chi connectivity index (χ1) is 30.7. The van der Waals surface area contributed by atoms with E-state index in [1.807, 2.05) is 6.07 Å². The van der Waals surface area contributed by atoms with Crippen molar-refractivity contribution in [2.24, 2.45) is 0 Å². The van der Waals surface area contributed by atoms with E-state index in [0.29, 0.717) is 11.7 Å². The van der Waals surface area contributed by atoms with Gasteiger partial charge >= 0.3 is 0 Å². The summed E-state index contributed by atoms with van der Waals surface area (Å²) < 4.78 is 6.87. The third-order valence-corrected chi connectivity index (χ3v) is 13.6. The fourth-order valence-electron chi connectivity index (χ4n) is 10.7. The summed E-state index contributed by atoms with van der Waals surface area (Å²) in [5.74, 6) is 1.27. The summed E-state index contributed by atoms with van der Waals surface area (Å²) in [6.45, 7) is 0. The fourth-order valence-corrected chi connectivity index (χ4v) is 10.7. The molecule has 62 heavy (non-hydrogen) atoms. The number of para-hydroxylation sites is 2. The van der Waals surface area contributed by atoms with Gasteiger partial charge in [0.1, 0.15) is 11.2 Å². The molecule has 0 radical (unpaired) electrons. The molecule has 3 nitrogen and oxygen atoms in total. The fraction of sp³-hybridized carbons (Fsp3) is 0.119. The maximum absolute atomic E-state index is 6.87. The zero-order valence-electron chi connectivity index (χ0n) is 34.5. The minimum atomic E-state index is -0.501. The van der Waals surface area contributed by atoms with Gasteiger partial charge in [0.15, 0.2) is 5.82 Å². The third kappa shape index (κ3) is 5.87. The lowest BCUT2D eigenvalue weighted by Crippen LogP contribution is -2.28. The molecule has 0 spiro atoms. The molecule has 2 aromatic heterocycles. The molecule has 1 fully saturated rings. The molecule has 1 saturated carbocycles. The molecular weight excluding hydrogens is 753 g/mol. The first-order valence-electron chi connectivity index (χ1n) is 22.1. The number of aromatic nitrogens is 2. The van der Waals surface area contributed by atoms with Gasteiger partial charge < -0.3 is 4.42 Å². The normalized spacial score (nSPS) is 14.5. The summed E-state index contributed by atoms with van der Waals surface area (Å²) in [5.41, 5.74) is 17.5. The Kier molecular flexibility index (Phi) is 8.81. The first-order valence-corrected chi connectivity index (χ1v) is 22.1. The Morgan fingerprint density at radius 3 is 1.69 bits per heavy atom. The van der Waals surface area contributed by atoms with Gasteiger partial charge in [-0.3, -0.25) is 0 Å². The standard InChI is InChI=1S/C59H44N2O/c1-5-17-39(18-6-1)46-26-15-28-50-51-29-16-27-47(57(51)62-56(46)50)40-31-33-41(34-32-40)54-38-55(61-58(60-54)42-19-7-2-8-20-42)43-35-36-49-48-25-13-14-30-52(48)59(53(49)37-43,44-21-9-3-10-22-44)45-23-11-4-12-24-45/h2-4,7-16,19-39H,1,5-6,17-18H2. The molecule has 2 aliphatic carbocycles. The smallest absolute Gasteiger partial charge is 0.160 e. The van der Waals surface area contributed by atoms with Crippen LogP contribution in [0.5, 0.6) is 0 Å². The maximum atomic E-state index is 6.87. The molecule has 0 aliphatic heterocycles. The van der Waals surface area contributed by atoms with E-state index in [0.717, 1.165) is 50.4 Å². The minimum Gasteiger partial charge on any atom is -0.455 e. The van der Waals surface area contributed by atoms with Crippen molar-refractivity contribution in [3.63, 3.8) is 0 Å². The van der Waals surface area contributed by atoms with E-state index in [1.54, 1.807) is 0 Å². The van der Waals surface area contributed by atoms with Crippen LogP contribution in [-0.4, -0.2) is 9.97 Å². The molecule has 0 atom stereocenters. The molecule has 3 heteroatoms. The van der Waals surface area contributed by atoms with Crippen molar-refractivity contribution in [3.05, 3.63) is 228 Å². The number of furan rings is 1. The number of benzene rings is 8. The topological polar surface area (TPSA) is 38.9 Å². The second-order valence-corrected chi connectivity index (χ2v) is 17.0. The largest absolute Gasteiger partial charge is 0.455 e. The average molecular weight is 797 g/mol. The second-order valence-electron chi connectivity index (χ2n) is 17.0. The monoisotopic (exact) mass is 796 g/mol. The Balaban J connectivity index is 0.986. The van der Waals surface area contributed by atoms with E-state index < -0.39 is 5.41 Å². The van der Waals surface area contributed by atoms with Crippen molar-refractivity contribution in [2.45, 2.75) is 43.4 Å². The maximum Gasteiger partial charge on any atom is 0.160 e. The van der Waals surface area contributed by atoms with E-state index in [1.165, 1.54) is 81.8 Å². The highest BCUT2D eigenvalue weighted by atomic mass is 16.3. The molecule has 10 aromatic rings. The van der Waals surface area contributed by atoms with Gasteiger partial charge in [-0.15, -0.1) is 0 Å². The van der Waals surface area contributed by atoms with Gasteiger partial charge in [-0.1, -0.05) is 207 Å². The van der Waals surface area contributed by atoms with E-state index in [2.05, 4.69) is 194 Å². The molecule has 12 rings (SSSR count). The van der Waals surface area contributed by atoms with E-state index >= 15 is 0 Å². The highest BCUT2D eigenvalue weighted by molar-refractivity contribution is 6.10. The van der Waals surface area contributed by atoms with Gasteiger partial charge in [-0.2, -0.15) is 0 Å². The average Bonchev–Trinajstić information content (AvgIpc) is 3.89. The summed E-state index contributed by atoms with van der Waals surface area (Å²) in [4.78, 5) is 10.5. The van der Waals surface area contributed by atoms with E-state index in [9.17, 15) is 0 Å². The second kappa shape index (κ2) is 15.0. The highest BCUT2D eigenvalue weighted by Crippen LogP contribution is 2.56. The number of hydrogen-bond acceptors (Lipinski definition) is 3. The predicted molar refractivity (Wildman–Crippen MR) is 254 cm³/mol. The third-order valence-electron chi connectivity index (χ3n) is 13.6. The van der Waals surface area contributed by atoms with Crippen molar-refractivity contribution in [1.82, 2.24) is 9.97 Å². The quantitative estimate of drug-likeness (QED) is 0.161. The minimum absolute atomic E-state index is 0.501. The van der Waals surface area contributed by atoms with Gasteiger partial charge in [-0.05, 0) is 75.4 Å². The van der Waals surface area contributed by atoms with Crippen LogP contribution in [0.2, 0.25) is 0 Å². The molecule has 296 valence electrons. The molecule has 2 aliphatic rings. The zero-order valence-corrected chi connectivity index (χ0v) is 34.5. The Hall–Kier alpha value is -7.36. The van der Waals surface area contributed by atoms with E-state index in [4.69, 9.17) is 14.4 Å². The van der Waals surface area contributed by atoms with E-state index in [-0.39, 0.29) is 0 Å². The predicted octanol–water partition coefficient (Wildman–Crippen LogP) is 15.5. The molecule has 8 aromatic carbocycles. The van der Waals surface area contributed by atoms with Crippen molar-refractivity contribution >= 4 is 21.9 Å².